The van der Waals surface area contributed by atoms with E-state index in [-0.39, 0.29) is 5.92 Å². The van der Waals surface area contributed by atoms with E-state index in [1.54, 1.807) is 12.3 Å². The van der Waals surface area contributed by atoms with Crippen molar-refractivity contribution in [3.63, 3.8) is 0 Å². The summed E-state index contributed by atoms with van der Waals surface area (Å²) in [6.45, 7) is 2.12. The lowest BCUT2D eigenvalue weighted by atomic mass is 9.88. The third-order valence-electron chi connectivity index (χ3n) is 5.89. The average Bonchev–Trinajstić information content (AvgIpc) is 3.15. The van der Waals surface area contributed by atoms with Gasteiger partial charge in [-0.05, 0) is 67.5 Å². The summed E-state index contributed by atoms with van der Waals surface area (Å²) in [5.74, 6) is 1.36. The number of fused-ring (bicyclic) bond motifs is 1. The number of hydrogen-bond acceptors (Lipinski definition) is 6. The molecule has 2 fully saturated rings. The van der Waals surface area contributed by atoms with Crippen LogP contribution >= 0.6 is 15.9 Å². The van der Waals surface area contributed by atoms with Crippen LogP contribution in [0.1, 0.15) is 44.3 Å². The zero-order valence-electron chi connectivity index (χ0n) is 15.1. The van der Waals surface area contributed by atoms with E-state index in [0.29, 0.717) is 23.4 Å². The Bertz CT molecular complexity index is 895. The number of nitriles is 2. The second-order valence-electron chi connectivity index (χ2n) is 7.51. The summed E-state index contributed by atoms with van der Waals surface area (Å²) in [5.41, 5.74) is 0.619. The van der Waals surface area contributed by atoms with Crippen LogP contribution < -0.4 is 5.32 Å². The minimum atomic E-state index is 0.252. The number of furan rings is 1. The molecule has 0 bridgehead atoms. The van der Waals surface area contributed by atoms with Crippen LogP contribution in [-0.4, -0.2) is 35.1 Å². The number of nitrogens with zero attached hydrogens (tertiary/aromatic N) is 4. The predicted molar refractivity (Wildman–Crippen MR) is 106 cm³/mol. The fourth-order valence-electron chi connectivity index (χ4n) is 4.31. The van der Waals surface area contributed by atoms with Gasteiger partial charge < -0.3 is 14.6 Å². The molecule has 1 saturated carbocycles. The number of aromatic nitrogens is 1. The highest BCUT2D eigenvalue weighted by molar-refractivity contribution is 9.10. The van der Waals surface area contributed by atoms with Crippen LogP contribution in [0.5, 0.6) is 0 Å². The first-order chi connectivity index (χ1) is 13.2. The Labute approximate surface area is 167 Å². The maximum absolute atomic E-state index is 9.06. The maximum Gasteiger partial charge on any atom is 0.204 e. The molecule has 1 N–H and O–H groups in total. The lowest BCUT2D eigenvalue weighted by Gasteiger charge is -2.40. The van der Waals surface area contributed by atoms with Crippen molar-refractivity contribution in [1.29, 1.82) is 10.5 Å². The van der Waals surface area contributed by atoms with Crippen LogP contribution in [0.25, 0.3) is 11.0 Å². The molecule has 2 aliphatic rings. The van der Waals surface area contributed by atoms with Crippen LogP contribution in [0.15, 0.2) is 21.2 Å². The highest BCUT2D eigenvalue weighted by Crippen LogP contribution is 2.34. The molecule has 0 radical (unpaired) electrons. The van der Waals surface area contributed by atoms with Crippen molar-refractivity contribution >= 4 is 32.7 Å². The van der Waals surface area contributed by atoms with Crippen LogP contribution in [-0.2, 0) is 0 Å². The Balaban J connectivity index is 1.36. The highest BCUT2D eigenvalue weighted by Gasteiger charge is 2.29. The van der Waals surface area contributed by atoms with E-state index in [0.717, 1.165) is 54.4 Å². The summed E-state index contributed by atoms with van der Waals surface area (Å²) in [4.78, 5) is 7.06. The fraction of sp³-hybridized carbons (Fsp3) is 0.550. The molecule has 1 saturated heterocycles. The maximum atomic E-state index is 9.06. The van der Waals surface area contributed by atoms with Crippen LogP contribution in [0.3, 0.4) is 0 Å². The number of pyridine rings is 1. The summed E-state index contributed by atoms with van der Waals surface area (Å²) in [6.07, 6.45) is 8.29. The molecule has 27 heavy (non-hydrogen) atoms. The standard InChI is InChI=1S/C20H22BrN5O/c21-19-17-9-16(11-23)27-18(17)12-24-20(19)25-14-1-3-15(4-2-14)26-7-5-13(10-22)6-8-26/h9,12-15H,1-8H2,(H,24,25). The van der Waals surface area contributed by atoms with Crippen molar-refractivity contribution in [2.45, 2.75) is 50.6 Å². The number of nitrogens with one attached hydrogen (secondary N) is 1. The number of piperidine rings is 1. The summed E-state index contributed by atoms with van der Waals surface area (Å²) < 4.78 is 6.29. The summed E-state index contributed by atoms with van der Waals surface area (Å²) >= 11 is 3.61. The van der Waals surface area contributed by atoms with Crippen LogP contribution in [0.4, 0.5) is 5.82 Å². The summed E-state index contributed by atoms with van der Waals surface area (Å²) in [7, 11) is 0. The van der Waals surface area contributed by atoms with Gasteiger partial charge in [0.15, 0.2) is 5.58 Å². The van der Waals surface area contributed by atoms with Crippen molar-refractivity contribution < 1.29 is 4.42 Å². The molecule has 1 aliphatic carbocycles. The molecule has 0 aromatic carbocycles. The van der Waals surface area contributed by atoms with E-state index in [1.807, 2.05) is 6.07 Å². The molecule has 2 aromatic heterocycles. The van der Waals surface area contributed by atoms with Gasteiger partial charge in [-0.25, -0.2) is 4.98 Å². The first kappa shape index (κ1) is 18.3. The number of rotatable bonds is 3. The molecule has 140 valence electrons. The smallest absolute Gasteiger partial charge is 0.204 e. The van der Waals surface area contributed by atoms with Crippen molar-refractivity contribution in [2.75, 3.05) is 18.4 Å². The van der Waals surface area contributed by atoms with E-state index in [1.165, 1.54) is 12.8 Å². The first-order valence-corrected chi connectivity index (χ1v) is 10.4. The number of anilines is 1. The highest BCUT2D eigenvalue weighted by atomic mass is 79.9. The zero-order chi connectivity index (χ0) is 18.8. The Morgan fingerprint density at radius 3 is 2.56 bits per heavy atom. The third kappa shape index (κ3) is 3.81. The van der Waals surface area contributed by atoms with Gasteiger partial charge in [0.1, 0.15) is 11.9 Å². The molecule has 1 aliphatic heterocycles. The van der Waals surface area contributed by atoms with Gasteiger partial charge in [0, 0.05) is 29.5 Å². The normalized spacial score (nSPS) is 24.4. The fourth-order valence-corrected chi connectivity index (χ4v) is 4.83. The van der Waals surface area contributed by atoms with Crippen molar-refractivity contribution in [3.05, 3.63) is 22.5 Å². The molecule has 0 atom stereocenters. The van der Waals surface area contributed by atoms with Gasteiger partial charge in [0.2, 0.25) is 5.76 Å². The quantitative estimate of drug-likeness (QED) is 0.779. The molecular formula is C20H22BrN5O. The molecule has 7 heteroatoms. The largest absolute Gasteiger partial charge is 0.444 e. The van der Waals surface area contributed by atoms with E-state index < -0.39 is 0 Å². The second kappa shape index (κ2) is 7.88. The predicted octanol–water partition coefficient (Wildman–Crippen LogP) is 4.42. The Kier molecular flexibility index (Phi) is 5.33. The van der Waals surface area contributed by atoms with Crippen molar-refractivity contribution in [1.82, 2.24) is 9.88 Å². The Hall–Kier alpha value is -2.09. The van der Waals surface area contributed by atoms with Gasteiger partial charge in [-0.1, -0.05) is 0 Å². The zero-order valence-corrected chi connectivity index (χ0v) is 16.7. The molecule has 0 spiro atoms. The van der Waals surface area contributed by atoms with Gasteiger partial charge in [-0.3, -0.25) is 0 Å². The molecule has 6 nitrogen and oxygen atoms in total. The number of likely N-dealkylation sites (tertiary alicyclic amines) is 1. The first-order valence-electron chi connectivity index (χ1n) is 9.56. The van der Waals surface area contributed by atoms with Crippen LogP contribution in [0, 0.1) is 28.6 Å². The Morgan fingerprint density at radius 2 is 1.89 bits per heavy atom. The lowest BCUT2D eigenvalue weighted by molar-refractivity contribution is 0.115. The van der Waals surface area contributed by atoms with Gasteiger partial charge in [-0.2, -0.15) is 10.5 Å². The van der Waals surface area contributed by atoms with E-state index >= 15 is 0 Å². The third-order valence-corrected chi connectivity index (χ3v) is 6.70. The van der Waals surface area contributed by atoms with Gasteiger partial charge in [0.05, 0.1) is 16.7 Å². The molecule has 0 amide bonds. The van der Waals surface area contributed by atoms with Crippen LogP contribution in [0.2, 0.25) is 0 Å². The number of halogens is 1. The second-order valence-corrected chi connectivity index (χ2v) is 8.30. The van der Waals surface area contributed by atoms with Crippen molar-refractivity contribution in [2.24, 2.45) is 5.92 Å². The minimum Gasteiger partial charge on any atom is -0.444 e. The topological polar surface area (TPSA) is 88.9 Å². The Morgan fingerprint density at radius 1 is 1.15 bits per heavy atom. The molecule has 3 heterocycles. The molecule has 2 aromatic rings. The monoisotopic (exact) mass is 427 g/mol. The summed E-state index contributed by atoms with van der Waals surface area (Å²) in [5, 5.41) is 22.5. The molecule has 4 rings (SSSR count). The number of hydrogen-bond donors (Lipinski definition) is 1. The SMILES string of the molecule is N#Cc1cc2c(Br)c(NC3CCC(N4CCC(C#N)CC4)CC3)ncc2o1. The van der Waals surface area contributed by atoms with E-state index in [9.17, 15) is 0 Å². The van der Waals surface area contributed by atoms with E-state index in [2.05, 4.69) is 37.2 Å². The summed E-state index contributed by atoms with van der Waals surface area (Å²) in [6, 6.07) is 7.24. The lowest BCUT2D eigenvalue weighted by Crippen LogP contribution is -2.44. The van der Waals surface area contributed by atoms with Gasteiger partial charge in [0.25, 0.3) is 0 Å². The van der Waals surface area contributed by atoms with E-state index in [4.69, 9.17) is 14.9 Å². The average molecular weight is 428 g/mol. The van der Waals surface area contributed by atoms with Gasteiger partial charge in [-0.15, -0.1) is 0 Å². The van der Waals surface area contributed by atoms with Gasteiger partial charge >= 0.3 is 0 Å². The minimum absolute atomic E-state index is 0.252. The van der Waals surface area contributed by atoms with Crippen molar-refractivity contribution in [3.8, 4) is 12.1 Å². The molecular weight excluding hydrogens is 406 g/mol. The molecule has 0 unspecified atom stereocenters.